The largest absolute Gasteiger partial charge is 0.497 e. The zero-order valence-electron chi connectivity index (χ0n) is 10.9. The zero-order valence-corrected chi connectivity index (χ0v) is 10.9. The van der Waals surface area contributed by atoms with Crippen LogP contribution in [0.15, 0.2) is 24.3 Å². The molecule has 0 spiro atoms. The second-order valence-electron chi connectivity index (χ2n) is 4.09. The van der Waals surface area contributed by atoms with Gasteiger partial charge in [0.25, 0.3) is 0 Å². The van der Waals surface area contributed by atoms with Gasteiger partial charge >= 0.3 is 0 Å². The van der Waals surface area contributed by atoms with E-state index in [1.165, 1.54) is 4.90 Å². The lowest BCUT2D eigenvalue weighted by atomic mass is 10.1. The quantitative estimate of drug-likeness (QED) is 0.825. The maximum Gasteiger partial charge on any atom is 0.241 e. The van der Waals surface area contributed by atoms with Crippen LogP contribution in [0.2, 0.25) is 0 Å². The van der Waals surface area contributed by atoms with E-state index in [4.69, 9.17) is 4.74 Å². The molecule has 0 aliphatic heterocycles. The fraction of sp³-hybridized carbons (Fsp3) is 0.385. The lowest BCUT2D eigenvalue weighted by molar-refractivity contribution is -0.130. The van der Waals surface area contributed by atoms with Gasteiger partial charge in [0.1, 0.15) is 5.75 Å². The molecule has 1 aromatic rings. The minimum absolute atomic E-state index is 0.0298. The minimum Gasteiger partial charge on any atom is -0.497 e. The summed E-state index contributed by atoms with van der Waals surface area (Å²) >= 11 is 0. The highest BCUT2D eigenvalue weighted by atomic mass is 16.5. The molecular formula is C13H18N2O3. The molecule has 0 aliphatic rings. The van der Waals surface area contributed by atoms with Crippen molar-refractivity contribution in [2.75, 3.05) is 27.7 Å². The summed E-state index contributed by atoms with van der Waals surface area (Å²) in [4.78, 5) is 24.3. The average molecular weight is 250 g/mol. The number of likely N-dealkylation sites (N-methyl/N-ethyl adjacent to an activating group) is 1. The Hall–Kier alpha value is -2.04. The predicted molar refractivity (Wildman–Crippen MR) is 68.4 cm³/mol. The van der Waals surface area contributed by atoms with Crippen molar-refractivity contribution < 1.29 is 14.3 Å². The molecule has 2 amide bonds. The fourth-order valence-electron chi connectivity index (χ4n) is 1.32. The van der Waals surface area contributed by atoms with E-state index in [1.54, 1.807) is 33.3 Å². The summed E-state index contributed by atoms with van der Waals surface area (Å²) in [6.45, 7) is 0.0298. The number of nitrogens with one attached hydrogen (secondary N) is 1. The maximum atomic E-state index is 11.6. The lowest BCUT2D eigenvalue weighted by Crippen LogP contribution is -2.36. The number of methoxy groups -OCH3 is 1. The molecule has 1 N–H and O–H groups in total. The summed E-state index contributed by atoms with van der Waals surface area (Å²) in [5, 5.41) is 2.58. The molecule has 5 heteroatoms. The molecule has 0 radical (unpaired) electrons. The first kappa shape index (κ1) is 14.0. The van der Waals surface area contributed by atoms with Crippen molar-refractivity contribution in [1.29, 1.82) is 0 Å². The van der Waals surface area contributed by atoms with Crippen LogP contribution in [-0.4, -0.2) is 44.5 Å². The first-order chi connectivity index (χ1) is 8.52. The van der Waals surface area contributed by atoms with Gasteiger partial charge < -0.3 is 15.0 Å². The second kappa shape index (κ2) is 6.64. The Balaban J connectivity index is 2.42. The molecule has 5 nitrogen and oxygen atoms in total. The van der Waals surface area contributed by atoms with Gasteiger partial charge in [0.2, 0.25) is 11.8 Å². The number of hydrogen-bond acceptors (Lipinski definition) is 3. The topological polar surface area (TPSA) is 58.6 Å². The van der Waals surface area contributed by atoms with Crippen LogP contribution in [0.5, 0.6) is 5.75 Å². The van der Waals surface area contributed by atoms with Crippen molar-refractivity contribution in [2.24, 2.45) is 0 Å². The number of amides is 2. The molecule has 1 rings (SSSR count). The monoisotopic (exact) mass is 250 g/mol. The highest BCUT2D eigenvalue weighted by Gasteiger charge is 2.07. The minimum atomic E-state index is -0.171. The molecule has 0 saturated heterocycles. The Morgan fingerprint density at radius 1 is 1.22 bits per heavy atom. The number of carbonyl (C=O) groups excluding carboxylic acids is 2. The first-order valence-electron chi connectivity index (χ1n) is 5.62. The molecule has 0 atom stereocenters. The normalized spacial score (nSPS) is 9.72. The summed E-state index contributed by atoms with van der Waals surface area (Å²) in [6.07, 6.45) is 0.255. The molecular weight excluding hydrogens is 232 g/mol. The number of hydrogen-bond donors (Lipinski definition) is 1. The predicted octanol–water partition coefficient (Wildman–Crippen LogP) is 0.442. The molecule has 0 aromatic heterocycles. The van der Waals surface area contributed by atoms with E-state index in [-0.39, 0.29) is 24.8 Å². The lowest BCUT2D eigenvalue weighted by Gasteiger charge is -2.11. The Labute approximate surface area is 107 Å². The van der Waals surface area contributed by atoms with E-state index in [2.05, 4.69) is 5.32 Å². The van der Waals surface area contributed by atoms with Crippen LogP contribution >= 0.6 is 0 Å². The van der Waals surface area contributed by atoms with E-state index in [0.717, 1.165) is 11.3 Å². The van der Waals surface area contributed by atoms with E-state index >= 15 is 0 Å². The number of ether oxygens (including phenoxy) is 1. The van der Waals surface area contributed by atoms with E-state index in [9.17, 15) is 9.59 Å². The van der Waals surface area contributed by atoms with Gasteiger partial charge in [0.05, 0.1) is 20.1 Å². The van der Waals surface area contributed by atoms with Gasteiger partial charge in [-0.3, -0.25) is 9.59 Å². The molecule has 0 heterocycles. The second-order valence-corrected chi connectivity index (χ2v) is 4.09. The number of rotatable bonds is 5. The molecule has 98 valence electrons. The van der Waals surface area contributed by atoms with E-state index < -0.39 is 0 Å². The Bertz CT molecular complexity index is 413. The fourth-order valence-corrected chi connectivity index (χ4v) is 1.32. The molecule has 18 heavy (non-hydrogen) atoms. The zero-order chi connectivity index (χ0) is 13.5. The van der Waals surface area contributed by atoms with Crippen molar-refractivity contribution in [2.45, 2.75) is 6.42 Å². The van der Waals surface area contributed by atoms with Gasteiger partial charge in [-0.25, -0.2) is 0 Å². The van der Waals surface area contributed by atoms with Crippen molar-refractivity contribution in [3.05, 3.63) is 29.8 Å². The van der Waals surface area contributed by atoms with Crippen LogP contribution in [0.4, 0.5) is 0 Å². The molecule has 0 fully saturated rings. The third kappa shape index (κ3) is 4.45. The van der Waals surface area contributed by atoms with Crippen LogP contribution in [-0.2, 0) is 16.0 Å². The molecule has 0 unspecified atom stereocenters. The smallest absolute Gasteiger partial charge is 0.241 e. The van der Waals surface area contributed by atoms with Gasteiger partial charge in [0, 0.05) is 14.1 Å². The van der Waals surface area contributed by atoms with Gasteiger partial charge in [-0.05, 0) is 17.7 Å². The SMILES string of the molecule is COc1ccc(CC(=O)NCC(=O)N(C)C)cc1. The summed E-state index contributed by atoms with van der Waals surface area (Å²) in [6, 6.07) is 7.25. The van der Waals surface area contributed by atoms with Crippen molar-refractivity contribution >= 4 is 11.8 Å². The van der Waals surface area contributed by atoms with Crippen LogP contribution in [0.3, 0.4) is 0 Å². The number of nitrogens with zero attached hydrogens (tertiary/aromatic N) is 1. The van der Waals surface area contributed by atoms with Gasteiger partial charge in [-0.2, -0.15) is 0 Å². The highest BCUT2D eigenvalue weighted by molar-refractivity contribution is 5.85. The molecule has 1 aromatic carbocycles. The van der Waals surface area contributed by atoms with Crippen molar-refractivity contribution in [1.82, 2.24) is 10.2 Å². The third-order valence-corrected chi connectivity index (χ3v) is 2.46. The Morgan fingerprint density at radius 2 is 1.83 bits per heavy atom. The number of carbonyl (C=O) groups is 2. The highest BCUT2D eigenvalue weighted by Crippen LogP contribution is 2.11. The summed E-state index contributed by atoms with van der Waals surface area (Å²) in [5.41, 5.74) is 0.880. The third-order valence-electron chi connectivity index (χ3n) is 2.46. The standard InChI is InChI=1S/C13H18N2O3/c1-15(2)13(17)9-14-12(16)8-10-4-6-11(18-3)7-5-10/h4-7H,8-9H2,1-3H3,(H,14,16). The van der Waals surface area contributed by atoms with Crippen LogP contribution in [0.25, 0.3) is 0 Å². The number of benzene rings is 1. The summed E-state index contributed by atoms with van der Waals surface area (Å²) in [7, 11) is 4.89. The Kier molecular flexibility index (Phi) is 5.17. The van der Waals surface area contributed by atoms with Crippen molar-refractivity contribution in [3.63, 3.8) is 0 Å². The van der Waals surface area contributed by atoms with E-state index in [0.29, 0.717) is 0 Å². The molecule has 0 saturated carbocycles. The van der Waals surface area contributed by atoms with Crippen molar-refractivity contribution in [3.8, 4) is 5.75 Å². The molecule has 0 aliphatic carbocycles. The van der Waals surface area contributed by atoms with Gasteiger partial charge in [0.15, 0.2) is 0 Å². The average Bonchev–Trinajstić information content (AvgIpc) is 2.36. The maximum absolute atomic E-state index is 11.6. The summed E-state index contributed by atoms with van der Waals surface area (Å²) < 4.78 is 5.03. The first-order valence-corrected chi connectivity index (χ1v) is 5.62. The van der Waals surface area contributed by atoms with Crippen LogP contribution in [0, 0.1) is 0 Å². The van der Waals surface area contributed by atoms with Crippen LogP contribution in [0.1, 0.15) is 5.56 Å². The van der Waals surface area contributed by atoms with Gasteiger partial charge in [-0.1, -0.05) is 12.1 Å². The van der Waals surface area contributed by atoms with Gasteiger partial charge in [-0.15, -0.1) is 0 Å². The van der Waals surface area contributed by atoms with Crippen LogP contribution < -0.4 is 10.1 Å². The Morgan fingerprint density at radius 3 is 2.33 bits per heavy atom. The molecule has 0 bridgehead atoms. The van der Waals surface area contributed by atoms with E-state index in [1.807, 2.05) is 12.1 Å². The summed E-state index contributed by atoms with van der Waals surface area (Å²) in [5.74, 6) is 0.454.